The normalized spacial score (nSPS) is 17.1. The van der Waals surface area contributed by atoms with Crippen LogP contribution in [0.25, 0.3) is 10.9 Å². The van der Waals surface area contributed by atoms with Gasteiger partial charge in [0, 0.05) is 43.7 Å². The molecular formula is C32H34FN5O3. The Morgan fingerprint density at radius 3 is 2.76 bits per heavy atom. The summed E-state index contributed by atoms with van der Waals surface area (Å²) in [4.78, 5) is 22.3. The lowest BCUT2D eigenvalue weighted by Crippen LogP contribution is -2.45. The van der Waals surface area contributed by atoms with Gasteiger partial charge in [0.25, 0.3) is 5.91 Å². The molecule has 0 saturated carbocycles. The molecule has 0 radical (unpaired) electrons. The monoisotopic (exact) mass is 555 g/mol. The number of benzene rings is 3. The number of piperidine rings is 1. The van der Waals surface area contributed by atoms with E-state index in [1.165, 1.54) is 6.07 Å². The van der Waals surface area contributed by atoms with Gasteiger partial charge in [-0.1, -0.05) is 12.1 Å². The summed E-state index contributed by atoms with van der Waals surface area (Å²) in [6.07, 6.45) is 3.60. The fraction of sp³-hybridized carbons (Fsp3) is 0.312. The van der Waals surface area contributed by atoms with Crippen LogP contribution in [0.2, 0.25) is 0 Å². The van der Waals surface area contributed by atoms with E-state index in [-0.39, 0.29) is 17.8 Å². The molecule has 3 heterocycles. The number of anilines is 1. The number of methoxy groups -OCH3 is 1. The lowest BCUT2D eigenvalue weighted by Gasteiger charge is -2.32. The summed E-state index contributed by atoms with van der Waals surface area (Å²) in [5.74, 6) is 1.04. The fourth-order valence-corrected chi connectivity index (χ4v) is 5.67. The van der Waals surface area contributed by atoms with E-state index >= 15 is 0 Å². The molecule has 2 aliphatic rings. The first-order valence-electron chi connectivity index (χ1n) is 13.9. The molecule has 6 rings (SSSR count). The Bertz CT molecular complexity index is 1610. The number of nitrogens with two attached hydrogens (primary N) is 1. The zero-order valence-electron chi connectivity index (χ0n) is 23.3. The van der Waals surface area contributed by atoms with Gasteiger partial charge in [0.15, 0.2) is 0 Å². The van der Waals surface area contributed by atoms with Crippen molar-refractivity contribution in [3.05, 3.63) is 83.3 Å². The molecule has 0 aliphatic carbocycles. The third-order valence-electron chi connectivity index (χ3n) is 7.85. The van der Waals surface area contributed by atoms with Gasteiger partial charge >= 0.3 is 0 Å². The van der Waals surface area contributed by atoms with E-state index in [0.29, 0.717) is 49.8 Å². The first-order valence-corrected chi connectivity index (χ1v) is 13.9. The largest absolute Gasteiger partial charge is 0.497 e. The van der Waals surface area contributed by atoms with Gasteiger partial charge < -0.3 is 29.6 Å². The maximum atomic E-state index is 14.3. The molecule has 0 spiro atoms. The van der Waals surface area contributed by atoms with Gasteiger partial charge in [0.2, 0.25) is 0 Å². The van der Waals surface area contributed by atoms with Crippen LogP contribution in [0.15, 0.2) is 65.7 Å². The van der Waals surface area contributed by atoms with E-state index in [9.17, 15) is 9.18 Å². The van der Waals surface area contributed by atoms with E-state index in [1.54, 1.807) is 25.5 Å². The first-order chi connectivity index (χ1) is 19.9. The Morgan fingerprint density at radius 2 is 1.98 bits per heavy atom. The summed E-state index contributed by atoms with van der Waals surface area (Å²) >= 11 is 0. The smallest absolute Gasteiger partial charge is 0.254 e. The molecule has 2 aliphatic heterocycles. The van der Waals surface area contributed by atoms with E-state index in [1.807, 2.05) is 59.0 Å². The molecule has 8 nitrogen and oxygen atoms in total. The molecule has 1 aromatic heterocycles. The van der Waals surface area contributed by atoms with E-state index < -0.39 is 0 Å². The maximum Gasteiger partial charge on any atom is 0.254 e. The topological polar surface area (TPSA) is 85.3 Å². The van der Waals surface area contributed by atoms with Crippen molar-refractivity contribution in [2.24, 2.45) is 10.7 Å². The number of hydrogen-bond acceptors (Lipinski definition) is 6. The summed E-state index contributed by atoms with van der Waals surface area (Å²) < 4.78 is 27.7. The summed E-state index contributed by atoms with van der Waals surface area (Å²) in [7, 11) is 3.63. The van der Waals surface area contributed by atoms with Crippen LogP contribution in [0.5, 0.6) is 11.5 Å². The molecule has 212 valence electrons. The molecule has 9 heteroatoms. The van der Waals surface area contributed by atoms with Crippen LogP contribution in [-0.2, 0) is 6.54 Å². The number of likely N-dealkylation sites (tertiary alicyclic amines) is 1. The number of nitrogens with zero attached hydrogens (tertiary/aromatic N) is 4. The fourth-order valence-electron chi connectivity index (χ4n) is 5.67. The van der Waals surface area contributed by atoms with E-state index in [2.05, 4.69) is 4.90 Å². The Hall–Kier alpha value is -4.37. The van der Waals surface area contributed by atoms with Gasteiger partial charge in [-0.15, -0.1) is 0 Å². The van der Waals surface area contributed by atoms with Crippen molar-refractivity contribution in [3.8, 4) is 11.5 Å². The third-order valence-corrected chi connectivity index (χ3v) is 7.85. The molecule has 41 heavy (non-hydrogen) atoms. The summed E-state index contributed by atoms with van der Waals surface area (Å²) in [6, 6.07) is 18.2. The Labute approximate surface area is 238 Å². The zero-order valence-corrected chi connectivity index (χ0v) is 23.3. The lowest BCUT2D eigenvalue weighted by atomic mass is 10.0. The van der Waals surface area contributed by atoms with Crippen LogP contribution in [0.1, 0.15) is 34.5 Å². The Kier molecular flexibility index (Phi) is 7.36. The van der Waals surface area contributed by atoms with Gasteiger partial charge in [-0.05, 0) is 66.9 Å². The Morgan fingerprint density at radius 1 is 1.15 bits per heavy atom. The molecular weight excluding hydrogens is 521 g/mol. The molecule has 2 N–H and O–H groups in total. The van der Waals surface area contributed by atoms with E-state index in [0.717, 1.165) is 46.4 Å². The van der Waals surface area contributed by atoms with Crippen LogP contribution in [-0.4, -0.2) is 68.0 Å². The van der Waals surface area contributed by atoms with Crippen LogP contribution < -0.4 is 20.1 Å². The predicted octanol–water partition coefficient (Wildman–Crippen LogP) is 4.98. The predicted molar refractivity (Wildman–Crippen MR) is 160 cm³/mol. The number of hydrogen-bond donors (Lipinski definition) is 1. The highest BCUT2D eigenvalue weighted by Crippen LogP contribution is 2.41. The van der Waals surface area contributed by atoms with Crippen LogP contribution in [0, 0.1) is 5.82 Å². The highest BCUT2D eigenvalue weighted by Gasteiger charge is 2.26. The van der Waals surface area contributed by atoms with Crippen molar-refractivity contribution < 1.29 is 18.7 Å². The minimum absolute atomic E-state index is 0.0114. The average molecular weight is 556 g/mol. The summed E-state index contributed by atoms with van der Waals surface area (Å²) in [5.41, 5.74) is 10.8. The summed E-state index contributed by atoms with van der Waals surface area (Å²) in [6.45, 7) is 2.98. The average Bonchev–Trinajstić information content (AvgIpc) is 3.31. The van der Waals surface area contributed by atoms with Crippen LogP contribution in [0.4, 0.5) is 15.8 Å². The van der Waals surface area contributed by atoms with Gasteiger partial charge in [0.05, 0.1) is 36.8 Å². The molecule has 0 bridgehead atoms. The standard InChI is InChI=1S/C32H34FN5O3/c1-36-12-13-41-30-16-23(32(39)37-11-3-4-25(34)20-37)15-28(31(30)36)35-18-26-14-22-7-8-24(33)17-29(22)38(26)19-21-5-9-27(40-2)10-6-21/h5-10,14-18,25H,3-4,11-13,19-20,34H2,1-2H3/b35-18+. The zero-order chi connectivity index (χ0) is 28.5. The van der Waals surface area contributed by atoms with Crippen molar-refractivity contribution in [1.29, 1.82) is 0 Å². The maximum absolute atomic E-state index is 14.3. The number of carbonyl (C=O) groups is 1. The number of ether oxygens (including phenoxy) is 2. The molecule has 1 fully saturated rings. The number of amides is 1. The number of halogens is 1. The van der Waals surface area contributed by atoms with E-state index in [4.69, 9.17) is 20.2 Å². The number of likely N-dealkylation sites (N-methyl/N-ethyl adjacent to an activating group) is 1. The Balaban J connectivity index is 1.40. The molecule has 1 saturated heterocycles. The molecule has 3 aromatic carbocycles. The second-order valence-electron chi connectivity index (χ2n) is 10.7. The lowest BCUT2D eigenvalue weighted by molar-refractivity contribution is 0.0708. The van der Waals surface area contributed by atoms with Crippen molar-refractivity contribution in [1.82, 2.24) is 9.47 Å². The van der Waals surface area contributed by atoms with Crippen LogP contribution in [0.3, 0.4) is 0 Å². The molecule has 1 unspecified atom stereocenters. The first kappa shape index (κ1) is 26.8. The quantitative estimate of drug-likeness (QED) is 0.339. The van der Waals surface area contributed by atoms with Gasteiger partial charge in [-0.2, -0.15) is 0 Å². The number of carbonyl (C=O) groups excluding carboxylic acids is 1. The van der Waals surface area contributed by atoms with Crippen molar-refractivity contribution in [3.63, 3.8) is 0 Å². The van der Waals surface area contributed by atoms with Crippen molar-refractivity contribution >= 4 is 34.4 Å². The van der Waals surface area contributed by atoms with Crippen LogP contribution >= 0.6 is 0 Å². The number of rotatable bonds is 6. The SMILES string of the molecule is COc1ccc(Cn2c(/C=N/c3cc(C(=O)N4CCCC(N)C4)cc4c3N(C)CCO4)cc3ccc(F)cc32)cc1. The van der Waals surface area contributed by atoms with Crippen molar-refractivity contribution in [2.75, 3.05) is 45.3 Å². The van der Waals surface area contributed by atoms with Gasteiger partial charge in [-0.3, -0.25) is 9.79 Å². The molecule has 4 aromatic rings. The summed E-state index contributed by atoms with van der Waals surface area (Å²) in [5, 5.41) is 0.911. The highest BCUT2D eigenvalue weighted by atomic mass is 19.1. The van der Waals surface area contributed by atoms with Gasteiger partial charge in [0.1, 0.15) is 29.6 Å². The minimum Gasteiger partial charge on any atom is -0.497 e. The number of aromatic nitrogens is 1. The number of aliphatic imine (C=N–C) groups is 1. The second-order valence-corrected chi connectivity index (χ2v) is 10.7. The van der Waals surface area contributed by atoms with Crippen molar-refractivity contribution in [2.45, 2.75) is 25.4 Å². The number of fused-ring (bicyclic) bond motifs is 2. The third kappa shape index (κ3) is 5.50. The van der Waals surface area contributed by atoms with Gasteiger partial charge in [-0.25, -0.2) is 4.39 Å². The molecule has 1 atom stereocenters. The second kappa shape index (κ2) is 11.2. The molecule has 1 amide bonds. The highest BCUT2D eigenvalue weighted by molar-refractivity contribution is 5.99. The minimum atomic E-state index is -0.299.